The molecule has 1 aromatic carbocycles. The van der Waals surface area contributed by atoms with Gasteiger partial charge in [-0.3, -0.25) is 9.78 Å². The summed E-state index contributed by atoms with van der Waals surface area (Å²) in [4.78, 5) is 28.7. The summed E-state index contributed by atoms with van der Waals surface area (Å²) in [7, 11) is 1.59. The molecule has 0 radical (unpaired) electrons. The number of benzene rings is 1. The molecule has 0 aliphatic heterocycles. The number of nitrogens with zero attached hydrogens (tertiary/aromatic N) is 2. The normalized spacial score (nSPS) is 10.1. The number of carbonyl (C=O) groups excluding carboxylic acids is 1. The van der Waals surface area contributed by atoms with E-state index in [1.165, 1.54) is 11.0 Å². The Kier molecular flexibility index (Phi) is 4.66. The molecule has 108 valence electrons. The molecule has 1 N–H and O–H groups in total. The number of aromatic nitrogens is 1. The molecule has 0 saturated heterocycles. The Morgan fingerprint density at radius 2 is 1.81 bits per heavy atom. The summed E-state index contributed by atoms with van der Waals surface area (Å²) in [5.41, 5.74) is 1.56. The number of pyridine rings is 1. The average Bonchev–Trinajstić information content (AvgIpc) is 2.52. The molecule has 2 aromatic rings. The maximum atomic E-state index is 12.2. The fourth-order valence-electron chi connectivity index (χ4n) is 2.05. The number of carboxylic acids is 1. The molecule has 0 saturated carbocycles. The number of para-hydroxylation sites is 1. The predicted molar refractivity (Wildman–Crippen MR) is 79.4 cm³/mol. The highest BCUT2D eigenvalue weighted by Crippen LogP contribution is 2.20. The molecule has 0 spiro atoms. The van der Waals surface area contributed by atoms with Crippen molar-refractivity contribution in [2.24, 2.45) is 0 Å². The van der Waals surface area contributed by atoms with Gasteiger partial charge < -0.3 is 10.0 Å². The molecular weight excluding hydrogens is 268 g/mol. The van der Waals surface area contributed by atoms with Crippen molar-refractivity contribution in [2.45, 2.75) is 12.8 Å². The van der Waals surface area contributed by atoms with Crippen molar-refractivity contribution in [3.8, 4) is 0 Å². The molecule has 0 fully saturated rings. The number of hydrogen-bond acceptors (Lipinski definition) is 3. The number of hydrogen-bond donors (Lipinski definition) is 1. The van der Waals surface area contributed by atoms with Crippen LogP contribution in [0.25, 0.3) is 0 Å². The minimum absolute atomic E-state index is 0.122. The van der Waals surface area contributed by atoms with Crippen molar-refractivity contribution >= 4 is 17.6 Å². The number of amides is 1. The lowest BCUT2D eigenvalue weighted by Crippen LogP contribution is -2.28. The fourth-order valence-corrected chi connectivity index (χ4v) is 2.05. The third-order valence-electron chi connectivity index (χ3n) is 3.25. The third-order valence-corrected chi connectivity index (χ3v) is 3.25. The summed E-state index contributed by atoms with van der Waals surface area (Å²) in [6, 6.07) is 10.2. The van der Waals surface area contributed by atoms with Crippen molar-refractivity contribution in [3.63, 3.8) is 0 Å². The highest BCUT2D eigenvalue weighted by atomic mass is 16.4. The number of anilines is 1. The second kappa shape index (κ2) is 6.65. The molecule has 0 aliphatic carbocycles. The second-order valence-electron chi connectivity index (χ2n) is 4.63. The van der Waals surface area contributed by atoms with Crippen LogP contribution in [-0.2, 0) is 11.2 Å². The molecule has 2 rings (SSSR count). The third kappa shape index (κ3) is 3.66. The van der Waals surface area contributed by atoms with Gasteiger partial charge in [0.05, 0.1) is 11.3 Å². The van der Waals surface area contributed by atoms with Gasteiger partial charge in [-0.05, 0) is 36.2 Å². The summed E-state index contributed by atoms with van der Waals surface area (Å²) in [6.07, 6.45) is 4.28. The van der Waals surface area contributed by atoms with Crippen LogP contribution in [-0.4, -0.2) is 29.0 Å². The molecule has 5 nitrogen and oxygen atoms in total. The van der Waals surface area contributed by atoms with E-state index in [1.54, 1.807) is 37.6 Å². The monoisotopic (exact) mass is 284 g/mol. The minimum Gasteiger partial charge on any atom is -0.478 e. The first-order valence-electron chi connectivity index (χ1n) is 6.57. The molecule has 0 aliphatic rings. The van der Waals surface area contributed by atoms with Crippen LogP contribution < -0.4 is 4.90 Å². The van der Waals surface area contributed by atoms with Gasteiger partial charge in [0.1, 0.15) is 0 Å². The van der Waals surface area contributed by atoms with E-state index in [0.29, 0.717) is 18.5 Å². The average molecular weight is 284 g/mol. The Bertz CT molecular complexity index is 641. The molecule has 0 atom stereocenters. The van der Waals surface area contributed by atoms with Crippen LogP contribution in [0, 0.1) is 0 Å². The molecule has 1 amide bonds. The Morgan fingerprint density at radius 3 is 2.48 bits per heavy atom. The largest absolute Gasteiger partial charge is 0.478 e. The van der Waals surface area contributed by atoms with Gasteiger partial charge in [-0.2, -0.15) is 0 Å². The molecule has 21 heavy (non-hydrogen) atoms. The number of carbonyl (C=O) groups is 2. The van der Waals surface area contributed by atoms with E-state index in [2.05, 4.69) is 4.98 Å². The Balaban J connectivity index is 2.08. The van der Waals surface area contributed by atoms with E-state index in [1.807, 2.05) is 12.1 Å². The summed E-state index contributed by atoms with van der Waals surface area (Å²) in [5, 5.41) is 9.16. The SMILES string of the molecule is CN(C(=O)CCc1ccncc1)c1ccccc1C(=O)O. The molecule has 0 bridgehead atoms. The standard InChI is InChI=1S/C16H16N2O3/c1-18(14-5-3-2-4-13(14)16(20)21)15(19)7-6-12-8-10-17-11-9-12/h2-5,8-11H,6-7H2,1H3,(H,20,21). The van der Waals surface area contributed by atoms with Crippen LogP contribution >= 0.6 is 0 Å². The van der Waals surface area contributed by atoms with Gasteiger partial charge in [-0.15, -0.1) is 0 Å². The van der Waals surface area contributed by atoms with Crippen LogP contribution in [0.2, 0.25) is 0 Å². The molecule has 1 aromatic heterocycles. The Hall–Kier alpha value is -2.69. The first-order valence-corrected chi connectivity index (χ1v) is 6.57. The zero-order valence-electron chi connectivity index (χ0n) is 11.7. The predicted octanol–water partition coefficient (Wildman–Crippen LogP) is 2.38. The summed E-state index contributed by atoms with van der Waals surface area (Å²) in [5.74, 6) is -1.17. The molecule has 5 heteroatoms. The van der Waals surface area contributed by atoms with Gasteiger partial charge in [0.2, 0.25) is 5.91 Å². The van der Waals surface area contributed by atoms with Gasteiger partial charge in [-0.1, -0.05) is 12.1 Å². The molecular formula is C16H16N2O3. The van der Waals surface area contributed by atoms with E-state index in [0.717, 1.165) is 5.56 Å². The van der Waals surface area contributed by atoms with E-state index in [4.69, 9.17) is 5.11 Å². The van der Waals surface area contributed by atoms with Crippen LogP contribution in [0.5, 0.6) is 0 Å². The number of rotatable bonds is 5. The zero-order valence-corrected chi connectivity index (χ0v) is 11.7. The quantitative estimate of drug-likeness (QED) is 0.915. The first kappa shape index (κ1) is 14.7. The van der Waals surface area contributed by atoms with E-state index in [9.17, 15) is 9.59 Å². The second-order valence-corrected chi connectivity index (χ2v) is 4.63. The summed E-state index contributed by atoms with van der Waals surface area (Å²) >= 11 is 0. The van der Waals surface area contributed by atoms with Gasteiger partial charge in [0, 0.05) is 25.9 Å². The lowest BCUT2D eigenvalue weighted by atomic mass is 10.1. The van der Waals surface area contributed by atoms with Crippen molar-refractivity contribution in [1.82, 2.24) is 4.98 Å². The van der Waals surface area contributed by atoms with Crippen LogP contribution in [0.4, 0.5) is 5.69 Å². The van der Waals surface area contributed by atoms with Crippen molar-refractivity contribution < 1.29 is 14.7 Å². The lowest BCUT2D eigenvalue weighted by Gasteiger charge is -2.19. The molecule has 0 unspecified atom stereocenters. The number of carboxylic acid groups (broad SMARTS) is 1. The van der Waals surface area contributed by atoms with Gasteiger partial charge in [-0.25, -0.2) is 4.79 Å². The zero-order chi connectivity index (χ0) is 15.2. The first-order chi connectivity index (χ1) is 10.1. The molecule has 1 heterocycles. The Morgan fingerprint density at radius 1 is 1.14 bits per heavy atom. The van der Waals surface area contributed by atoms with Crippen LogP contribution in [0.3, 0.4) is 0 Å². The van der Waals surface area contributed by atoms with Crippen LogP contribution in [0.15, 0.2) is 48.8 Å². The highest BCUT2D eigenvalue weighted by molar-refractivity contribution is 6.01. The van der Waals surface area contributed by atoms with Crippen LogP contribution in [0.1, 0.15) is 22.3 Å². The van der Waals surface area contributed by atoms with Crippen molar-refractivity contribution in [1.29, 1.82) is 0 Å². The Labute approximate surface area is 122 Å². The topological polar surface area (TPSA) is 70.5 Å². The van der Waals surface area contributed by atoms with Gasteiger partial charge in [0.15, 0.2) is 0 Å². The van der Waals surface area contributed by atoms with E-state index >= 15 is 0 Å². The van der Waals surface area contributed by atoms with Crippen molar-refractivity contribution in [3.05, 3.63) is 59.9 Å². The summed E-state index contributed by atoms with van der Waals surface area (Å²) < 4.78 is 0. The van der Waals surface area contributed by atoms with Gasteiger partial charge in [0.25, 0.3) is 0 Å². The fraction of sp³-hybridized carbons (Fsp3) is 0.188. The highest BCUT2D eigenvalue weighted by Gasteiger charge is 2.17. The van der Waals surface area contributed by atoms with E-state index < -0.39 is 5.97 Å². The smallest absolute Gasteiger partial charge is 0.337 e. The number of aromatic carboxylic acids is 1. The maximum Gasteiger partial charge on any atom is 0.337 e. The van der Waals surface area contributed by atoms with Crippen molar-refractivity contribution in [2.75, 3.05) is 11.9 Å². The number of aryl methyl sites for hydroxylation is 1. The van der Waals surface area contributed by atoms with E-state index in [-0.39, 0.29) is 11.5 Å². The summed E-state index contributed by atoms with van der Waals surface area (Å²) in [6.45, 7) is 0. The maximum absolute atomic E-state index is 12.2. The van der Waals surface area contributed by atoms with Gasteiger partial charge >= 0.3 is 5.97 Å². The minimum atomic E-state index is -1.04. The lowest BCUT2D eigenvalue weighted by molar-refractivity contribution is -0.118.